The van der Waals surface area contributed by atoms with Crippen molar-refractivity contribution in [3.05, 3.63) is 41.9 Å². The summed E-state index contributed by atoms with van der Waals surface area (Å²) in [6.07, 6.45) is 0. The molecule has 3 heterocycles. The largest absolute Gasteiger partial charge is 0.275 e. The fraction of sp³-hybridized carbons (Fsp3) is 0.154. The van der Waals surface area contributed by atoms with Gasteiger partial charge in [0.05, 0.1) is 11.4 Å². The van der Waals surface area contributed by atoms with E-state index in [2.05, 4.69) is 25.5 Å². The van der Waals surface area contributed by atoms with Crippen LogP contribution in [0.3, 0.4) is 0 Å². The van der Waals surface area contributed by atoms with Crippen LogP contribution in [0, 0.1) is 13.8 Å². The molecule has 0 aliphatic rings. The summed E-state index contributed by atoms with van der Waals surface area (Å²) in [5.74, 6) is 1.24. The van der Waals surface area contributed by atoms with E-state index in [1.54, 1.807) is 0 Å². The maximum Gasteiger partial charge on any atom is 0.275 e. The van der Waals surface area contributed by atoms with E-state index < -0.39 is 0 Å². The van der Waals surface area contributed by atoms with Gasteiger partial charge in [0, 0.05) is 0 Å². The Morgan fingerprint density at radius 1 is 0.900 bits per heavy atom. The predicted molar refractivity (Wildman–Crippen MR) is 72.7 cm³/mol. The first-order chi connectivity index (χ1) is 9.75. The maximum absolute atomic E-state index is 4.57. The zero-order valence-electron chi connectivity index (χ0n) is 11.0. The van der Waals surface area contributed by atoms with E-state index in [4.69, 9.17) is 0 Å². The molecular formula is C13H11N7. The van der Waals surface area contributed by atoms with Crippen molar-refractivity contribution in [1.29, 1.82) is 0 Å². The first-order valence-corrected chi connectivity index (χ1v) is 6.25. The summed E-state index contributed by atoms with van der Waals surface area (Å²) >= 11 is 0. The SMILES string of the molecule is Cc1nn(-c2ccccc2)c2c1nnc1nnc(C)n12. The maximum atomic E-state index is 4.57. The average molecular weight is 265 g/mol. The summed E-state index contributed by atoms with van der Waals surface area (Å²) in [5, 5.41) is 20.9. The van der Waals surface area contributed by atoms with Crippen molar-refractivity contribution in [3.8, 4) is 5.69 Å². The second-order valence-electron chi connectivity index (χ2n) is 4.59. The zero-order chi connectivity index (χ0) is 13.7. The summed E-state index contributed by atoms with van der Waals surface area (Å²) in [6, 6.07) is 9.92. The van der Waals surface area contributed by atoms with Gasteiger partial charge in [-0.15, -0.1) is 20.4 Å². The Morgan fingerprint density at radius 2 is 1.65 bits per heavy atom. The zero-order valence-corrected chi connectivity index (χ0v) is 11.0. The Balaban J connectivity index is 2.21. The molecule has 1 aromatic carbocycles. The highest BCUT2D eigenvalue weighted by molar-refractivity contribution is 5.77. The van der Waals surface area contributed by atoms with Crippen molar-refractivity contribution >= 4 is 16.9 Å². The number of nitrogens with zero attached hydrogens (tertiary/aromatic N) is 7. The number of hydrogen-bond donors (Lipinski definition) is 0. The van der Waals surface area contributed by atoms with Gasteiger partial charge in [0.15, 0.2) is 11.2 Å². The number of rotatable bonds is 1. The van der Waals surface area contributed by atoms with Gasteiger partial charge >= 0.3 is 0 Å². The number of para-hydroxylation sites is 1. The van der Waals surface area contributed by atoms with Crippen LogP contribution in [0.1, 0.15) is 11.5 Å². The second-order valence-corrected chi connectivity index (χ2v) is 4.59. The Hall–Kier alpha value is -2.83. The molecule has 0 N–H and O–H groups in total. The highest BCUT2D eigenvalue weighted by Crippen LogP contribution is 2.20. The van der Waals surface area contributed by atoms with Gasteiger partial charge in [-0.05, 0) is 26.0 Å². The standard InChI is InChI=1S/C13H11N7/c1-8-11-12(19-9(2)14-16-13(19)17-15-11)20(18-8)10-6-4-3-5-7-10/h3-7H,1-2H3. The Bertz CT molecular complexity index is 920. The monoisotopic (exact) mass is 265 g/mol. The molecule has 4 rings (SSSR count). The lowest BCUT2D eigenvalue weighted by Gasteiger charge is -2.04. The van der Waals surface area contributed by atoms with Crippen LogP contribution < -0.4 is 0 Å². The van der Waals surface area contributed by atoms with Crippen LogP contribution in [-0.2, 0) is 0 Å². The molecule has 7 nitrogen and oxygen atoms in total. The quantitative estimate of drug-likeness (QED) is 0.521. The minimum absolute atomic E-state index is 0.479. The smallest absolute Gasteiger partial charge is 0.244 e. The highest BCUT2D eigenvalue weighted by atomic mass is 15.4. The van der Waals surface area contributed by atoms with Crippen molar-refractivity contribution in [2.24, 2.45) is 0 Å². The van der Waals surface area contributed by atoms with Gasteiger partial charge < -0.3 is 0 Å². The molecule has 0 saturated carbocycles. The molecule has 4 aromatic rings. The molecule has 0 radical (unpaired) electrons. The molecule has 20 heavy (non-hydrogen) atoms. The van der Waals surface area contributed by atoms with Gasteiger partial charge in [-0.1, -0.05) is 18.2 Å². The number of fused-ring (bicyclic) bond motifs is 3. The Kier molecular flexibility index (Phi) is 2.11. The minimum Gasteiger partial charge on any atom is -0.244 e. The molecule has 0 aliphatic carbocycles. The molecule has 0 aliphatic heterocycles. The summed E-state index contributed by atoms with van der Waals surface area (Å²) in [4.78, 5) is 0. The molecule has 0 amide bonds. The third-order valence-corrected chi connectivity index (χ3v) is 3.26. The van der Waals surface area contributed by atoms with Crippen molar-refractivity contribution in [1.82, 2.24) is 34.6 Å². The molecule has 0 atom stereocenters. The number of aryl methyl sites for hydroxylation is 2. The van der Waals surface area contributed by atoms with Crippen LogP contribution in [0.25, 0.3) is 22.6 Å². The second kappa shape index (κ2) is 3.83. The first kappa shape index (κ1) is 11.0. The molecular weight excluding hydrogens is 254 g/mol. The predicted octanol–water partition coefficient (Wildman–Crippen LogP) is 1.48. The van der Waals surface area contributed by atoms with Crippen LogP contribution in [0.15, 0.2) is 30.3 Å². The fourth-order valence-corrected chi connectivity index (χ4v) is 2.33. The van der Waals surface area contributed by atoms with Crippen LogP contribution in [0.4, 0.5) is 0 Å². The molecule has 3 aromatic heterocycles. The average Bonchev–Trinajstić information content (AvgIpc) is 3.01. The van der Waals surface area contributed by atoms with E-state index in [0.29, 0.717) is 5.78 Å². The van der Waals surface area contributed by atoms with Gasteiger partial charge in [-0.2, -0.15) is 5.10 Å². The number of benzene rings is 1. The molecule has 98 valence electrons. The van der Waals surface area contributed by atoms with Gasteiger partial charge in [0.2, 0.25) is 0 Å². The minimum atomic E-state index is 0.479. The van der Waals surface area contributed by atoms with Gasteiger partial charge in [-0.3, -0.25) is 0 Å². The summed E-state index contributed by atoms with van der Waals surface area (Å²) in [5.41, 5.74) is 3.38. The Morgan fingerprint density at radius 3 is 2.45 bits per heavy atom. The van der Waals surface area contributed by atoms with E-state index in [9.17, 15) is 0 Å². The van der Waals surface area contributed by atoms with Gasteiger partial charge in [0.1, 0.15) is 5.82 Å². The van der Waals surface area contributed by atoms with E-state index in [1.165, 1.54) is 0 Å². The molecule has 0 fully saturated rings. The van der Waals surface area contributed by atoms with Crippen molar-refractivity contribution in [2.75, 3.05) is 0 Å². The molecule has 0 spiro atoms. The molecule has 0 bridgehead atoms. The normalized spacial score (nSPS) is 11.5. The van der Waals surface area contributed by atoms with E-state index in [-0.39, 0.29) is 0 Å². The van der Waals surface area contributed by atoms with Crippen LogP contribution in [-0.4, -0.2) is 34.6 Å². The lowest BCUT2D eigenvalue weighted by atomic mass is 10.3. The third-order valence-electron chi connectivity index (χ3n) is 3.26. The summed E-state index contributed by atoms with van der Waals surface area (Å²) in [7, 11) is 0. The lowest BCUT2D eigenvalue weighted by molar-refractivity contribution is 0.861. The third kappa shape index (κ3) is 1.37. The first-order valence-electron chi connectivity index (χ1n) is 6.25. The van der Waals surface area contributed by atoms with Gasteiger partial charge in [0.25, 0.3) is 5.78 Å². The van der Waals surface area contributed by atoms with Crippen LogP contribution in [0.2, 0.25) is 0 Å². The number of hydrogen-bond acceptors (Lipinski definition) is 5. The summed E-state index contributed by atoms with van der Waals surface area (Å²) in [6.45, 7) is 3.81. The van der Waals surface area contributed by atoms with E-state index in [1.807, 2.05) is 53.3 Å². The van der Waals surface area contributed by atoms with Crippen molar-refractivity contribution in [2.45, 2.75) is 13.8 Å². The van der Waals surface area contributed by atoms with E-state index >= 15 is 0 Å². The lowest BCUT2D eigenvalue weighted by Crippen LogP contribution is -2.03. The molecule has 7 heteroatoms. The van der Waals surface area contributed by atoms with Gasteiger partial charge in [-0.25, -0.2) is 9.08 Å². The van der Waals surface area contributed by atoms with E-state index in [0.717, 1.165) is 28.4 Å². The summed E-state index contributed by atoms with van der Waals surface area (Å²) < 4.78 is 3.72. The van der Waals surface area contributed by atoms with Crippen molar-refractivity contribution < 1.29 is 0 Å². The number of aromatic nitrogens is 7. The van der Waals surface area contributed by atoms with Crippen LogP contribution in [0.5, 0.6) is 0 Å². The molecule has 0 saturated heterocycles. The topological polar surface area (TPSA) is 73.8 Å². The van der Waals surface area contributed by atoms with Crippen LogP contribution >= 0.6 is 0 Å². The van der Waals surface area contributed by atoms with Crippen molar-refractivity contribution in [3.63, 3.8) is 0 Å². The fourth-order valence-electron chi connectivity index (χ4n) is 2.33. The molecule has 0 unspecified atom stereocenters. The Labute approximate surface area is 113 Å². The highest BCUT2D eigenvalue weighted by Gasteiger charge is 2.17.